The fourth-order valence-electron chi connectivity index (χ4n) is 1.80. The zero-order valence-electron chi connectivity index (χ0n) is 9.40. The first-order chi connectivity index (χ1) is 5.66. The molecule has 0 saturated carbocycles. The summed E-state index contributed by atoms with van der Waals surface area (Å²) in [4.78, 5) is 11.1. The Morgan fingerprint density at radius 1 is 1.23 bits per heavy atom. The van der Waals surface area contributed by atoms with Gasteiger partial charge in [-0.15, -0.1) is 0 Å². The number of carbonyl (C=O) groups is 1. The molecular weight excluding hydrogens is 161 g/mol. The minimum absolute atomic E-state index is 0.0631. The molecule has 0 aliphatic rings. The SMILES string of the molecule is [B]CC(=O)NC(C)(C)CC(C)(C)C. The average Bonchev–Trinajstić information content (AvgIpc) is 1.80. The molecule has 0 aromatic carbocycles. The molecule has 2 nitrogen and oxygen atoms in total. The quantitative estimate of drug-likeness (QED) is 0.662. The fourth-order valence-corrected chi connectivity index (χ4v) is 1.80. The van der Waals surface area contributed by atoms with Crippen molar-refractivity contribution in [2.45, 2.75) is 52.9 Å². The van der Waals surface area contributed by atoms with Crippen molar-refractivity contribution in [1.82, 2.24) is 5.32 Å². The van der Waals surface area contributed by atoms with Crippen molar-refractivity contribution in [3.8, 4) is 0 Å². The molecule has 0 aliphatic heterocycles. The standard InChI is InChI=1S/C10H20BNO/c1-9(2,3)7-10(4,5)12-8(13)6-11/h6-7H2,1-5H3,(H,12,13). The van der Waals surface area contributed by atoms with Crippen LogP contribution in [0, 0.1) is 5.41 Å². The summed E-state index contributed by atoms with van der Waals surface area (Å²) in [7, 11) is 5.23. The fraction of sp³-hybridized carbons (Fsp3) is 0.900. The van der Waals surface area contributed by atoms with E-state index < -0.39 is 0 Å². The second-order valence-electron chi connectivity index (χ2n) is 5.37. The van der Waals surface area contributed by atoms with Gasteiger partial charge in [0, 0.05) is 5.54 Å². The van der Waals surface area contributed by atoms with Crippen molar-refractivity contribution in [2.24, 2.45) is 5.41 Å². The van der Waals surface area contributed by atoms with Crippen LogP contribution < -0.4 is 5.32 Å². The van der Waals surface area contributed by atoms with Crippen molar-refractivity contribution < 1.29 is 4.79 Å². The van der Waals surface area contributed by atoms with Crippen LogP contribution in [-0.4, -0.2) is 19.3 Å². The zero-order valence-corrected chi connectivity index (χ0v) is 9.40. The second-order valence-corrected chi connectivity index (χ2v) is 5.37. The Morgan fingerprint density at radius 2 is 1.69 bits per heavy atom. The first-order valence-corrected chi connectivity index (χ1v) is 4.67. The normalized spacial score (nSPS) is 12.7. The predicted octanol–water partition coefficient (Wildman–Crippen LogP) is 1.90. The Hall–Kier alpha value is -0.465. The van der Waals surface area contributed by atoms with E-state index in [1.807, 2.05) is 13.8 Å². The molecule has 74 valence electrons. The molecule has 0 saturated heterocycles. The second kappa shape index (κ2) is 4.16. The van der Waals surface area contributed by atoms with Crippen molar-refractivity contribution in [1.29, 1.82) is 0 Å². The summed E-state index contributed by atoms with van der Waals surface area (Å²) in [5, 5.41) is 2.90. The van der Waals surface area contributed by atoms with Crippen LogP contribution >= 0.6 is 0 Å². The summed E-state index contributed by atoms with van der Waals surface area (Å²) >= 11 is 0. The van der Waals surface area contributed by atoms with Gasteiger partial charge in [0.25, 0.3) is 0 Å². The van der Waals surface area contributed by atoms with E-state index in [0.29, 0.717) is 0 Å². The van der Waals surface area contributed by atoms with Crippen LogP contribution in [0.3, 0.4) is 0 Å². The highest BCUT2D eigenvalue weighted by molar-refractivity contribution is 6.19. The van der Waals surface area contributed by atoms with E-state index in [0.717, 1.165) is 6.42 Å². The third-order valence-electron chi connectivity index (χ3n) is 1.64. The number of hydrogen-bond acceptors (Lipinski definition) is 1. The summed E-state index contributed by atoms with van der Waals surface area (Å²) in [6, 6.07) is 0. The Morgan fingerprint density at radius 3 is 2.00 bits per heavy atom. The molecule has 1 amide bonds. The topological polar surface area (TPSA) is 29.1 Å². The molecule has 1 N–H and O–H groups in total. The third-order valence-corrected chi connectivity index (χ3v) is 1.64. The molecule has 13 heavy (non-hydrogen) atoms. The highest BCUT2D eigenvalue weighted by Crippen LogP contribution is 2.26. The van der Waals surface area contributed by atoms with Gasteiger partial charge in [-0.1, -0.05) is 20.8 Å². The van der Waals surface area contributed by atoms with Gasteiger partial charge in [0.1, 0.15) is 0 Å². The molecule has 0 aliphatic carbocycles. The Balaban J connectivity index is 4.16. The summed E-state index contributed by atoms with van der Waals surface area (Å²) in [5.41, 5.74) is 0.0417. The maximum Gasteiger partial charge on any atom is 0.211 e. The maximum atomic E-state index is 11.1. The predicted molar refractivity (Wildman–Crippen MR) is 56.9 cm³/mol. The molecule has 0 aromatic rings. The van der Waals surface area contributed by atoms with Crippen molar-refractivity contribution in [3.63, 3.8) is 0 Å². The van der Waals surface area contributed by atoms with E-state index in [9.17, 15) is 4.79 Å². The highest BCUT2D eigenvalue weighted by Gasteiger charge is 2.26. The van der Waals surface area contributed by atoms with E-state index >= 15 is 0 Å². The first-order valence-electron chi connectivity index (χ1n) is 4.67. The van der Waals surface area contributed by atoms with Crippen molar-refractivity contribution in [3.05, 3.63) is 0 Å². The molecule has 0 spiro atoms. The van der Waals surface area contributed by atoms with Gasteiger partial charge >= 0.3 is 0 Å². The Kier molecular flexibility index (Phi) is 4.01. The molecule has 0 rings (SSSR count). The van der Waals surface area contributed by atoms with E-state index in [2.05, 4.69) is 26.1 Å². The minimum Gasteiger partial charge on any atom is -0.352 e. The molecule has 0 heterocycles. The number of nitrogens with one attached hydrogen (secondary N) is 1. The van der Waals surface area contributed by atoms with Gasteiger partial charge < -0.3 is 5.32 Å². The molecule has 0 fully saturated rings. The van der Waals surface area contributed by atoms with Crippen LogP contribution in [0.2, 0.25) is 6.32 Å². The summed E-state index contributed by atoms with van der Waals surface area (Å²) in [5.74, 6) is -0.0887. The Bertz CT molecular complexity index is 182. The summed E-state index contributed by atoms with van der Waals surface area (Å²) in [6.45, 7) is 10.5. The smallest absolute Gasteiger partial charge is 0.211 e. The van der Waals surface area contributed by atoms with Gasteiger partial charge in [0.15, 0.2) is 0 Å². The van der Waals surface area contributed by atoms with E-state index in [1.54, 1.807) is 0 Å². The molecular formula is C10H20BNO. The van der Waals surface area contributed by atoms with Crippen LogP contribution in [0.25, 0.3) is 0 Å². The molecule has 0 aromatic heterocycles. The lowest BCUT2D eigenvalue weighted by molar-refractivity contribution is -0.120. The highest BCUT2D eigenvalue weighted by atomic mass is 16.1. The molecule has 0 unspecified atom stereocenters. The molecule has 0 atom stereocenters. The van der Waals surface area contributed by atoms with Gasteiger partial charge in [-0.3, -0.25) is 4.79 Å². The van der Waals surface area contributed by atoms with E-state index in [-0.39, 0.29) is 23.2 Å². The Labute approximate surface area is 82.9 Å². The van der Waals surface area contributed by atoms with Crippen LogP contribution in [0.4, 0.5) is 0 Å². The first kappa shape index (κ1) is 12.5. The number of rotatable bonds is 3. The largest absolute Gasteiger partial charge is 0.352 e. The van der Waals surface area contributed by atoms with Crippen molar-refractivity contribution in [2.75, 3.05) is 0 Å². The monoisotopic (exact) mass is 181 g/mol. The molecule has 3 heteroatoms. The summed E-state index contributed by atoms with van der Waals surface area (Å²) in [6.07, 6.45) is 0.999. The van der Waals surface area contributed by atoms with Gasteiger partial charge in [-0.2, -0.15) is 0 Å². The number of carbonyl (C=O) groups excluding carboxylic acids is 1. The van der Waals surface area contributed by atoms with Crippen LogP contribution in [0.1, 0.15) is 41.0 Å². The van der Waals surface area contributed by atoms with Gasteiger partial charge in [0.05, 0.1) is 7.85 Å². The minimum atomic E-state index is -0.172. The average molecular weight is 181 g/mol. The zero-order chi connectivity index (χ0) is 10.7. The van der Waals surface area contributed by atoms with Crippen LogP contribution in [0.15, 0.2) is 0 Å². The van der Waals surface area contributed by atoms with Gasteiger partial charge in [-0.05, 0) is 32.0 Å². The van der Waals surface area contributed by atoms with E-state index in [1.165, 1.54) is 0 Å². The molecule has 2 radical (unpaired) electrons. The number of amides is 1. The lowest BCUT2D eigenvalue weighted by atomic mass is 9.81. The number of hydrogen-bond donors (Lipinski definition) is 1. The van der Waals surface area contributed by atoms with Crippen LogP contribution in [-0.2, 0) is 4.79 Å². The van der Waals surface area contributed by atoms with Crippen molar-refractivity contribution >= 4 is 13.8 Å². The third kappa shape index (κ3) is 6.67. The van der Waals surface area contributed by atoms with Crippen LogP contribution in [0.5, 0.6) is 0 Å². The van der Waals surface area contributed by atoms with Gasteiger partial charge in [-0.25, -0.2) is 0 Å². The van der Waals surface area contributed by atoms with Gasteiger partial charge in [0.2, 0.25) is 5.91 Å². The summed E-state index contributed by atoms with van der Waals surface area (Å²) < 4.78 is 0. The lowest BCUT2D eigenvalue weighted by Gasteiger charge is -2.33. The molecule has 0 bridgehead atoms. The van der Waals surface area contributed by atoms with E-state index in [4.69, 9.17) is 7.85 Å². The lowest BCUT2D eigenvalue weighted by Crippen LogP contribution is -2.45. The maximum absolute atomic E-state index is 11.1.